The summed E-state index contributed by atoms with van der Waals surface area (Å²) in [6, 6.07) is 0. The SMILES string of the molecule is CC(=CCC[C@@H](C)[C@H]1CC[C@@]2(C)[C@@H]3CC[C@@]45OC[C@]3(C(=O)C[C@]12C)[C@@H]4CC[C@H](O)[C@@H]5C)C(=O)O. The van der Waals surface area contributed by atoms with Crippen molar-refractivity contribution in [2.24, 2.45) is 45.8 Å². The number of aliphatic hydroxyl groups excluding tert-OH is 1. The van der Waals surface area contributed by atoms with Gasteiger partial charge < -0.3 is 14.9 Å². The molecule has 0 amide bonds. The minimum absolute atomic E-state index is 0.0205. The van der Waals surface area contributed by atoms with E-state index in [2.05, 4.69) is 27.7 Å². The summed E-state index contributed by atoms with van der Waals surface area (Å²) in [6.07, 6.45) is 9.95. The van der Waals surface area contributed by atoms with Gasteiger partial charge in [0.15, 0.2) is 0 Å². The molecule has 1 heterocycles. The zero-order valence-corrected chi connectivity index (χ0v) is 21.7. The highest BCUT2D eigenvalue weighted by Gasteiger charge is 2.77. The summed E-state index contributed by atoms with van der Waals surface area (Å²) in [5, 5.41) is 19.8. The molecule has 4 aliphatic carbocycles. The molecule has 5 aliphatic rings. The molecule has 2 N–H and O–H groups in total. The number of carbonyl (C=O) groups excluding carboxylic acids is 1. The number of aliphatic carboxylic acids is 1. The lowest BCUT2D eigenvalue weighted by molar-refractivity contribution is -0.191. The van der Waals surface area contributed by atoms with Crippen LogP contribution in [0.4, 0.5) is 0 Å². The van der Waals surface area contributed by atoms with Gasteiger partial charge in [-0.05, 0) is 86.9 Å². The average Bonchev–Trinajstić information content (AvgIpc) is 3.18. The first-order valence-corrected chi connectivity index (χ1v) is 13.7. The van der Waals surface area contributed by atoms with E-state index in [0.29, 0.717) is 42.1 Å². The molecule has 0 radical (unpaired) electrons. The second kappa shape index (κ2) is 7.90. The largest absolute Gasteiger partial charge is 0.478 e. The van der Waals surface area contributed by atoms with Gasteiger partial charge in [-0.1, -0.05) is 33.8 Å². The van der Waals surface area contributed by atoms with Crippen LogP contribution in [-0.2, 0) is 14.3 Å². The first-order valence-electron chi connectivity index (χ1n) is 13.7. The molecule has 190 valence electrons. The Morgan fingerprint density at radius 1 is 1.15 bits per heavy atom. The topological polar surface area (TPSA) is 83.8 Å². The van der Waals surface area contributed by atoms with Crippen molar-refractivity contribution in [2.45, 2.75) is 104 Å². The van der Waals surface area contributed by atoms with Gasteiger partial charge >= 0.3 is 5.97 Å². The normalized spacial score (nSPS) is 50.9. The van der Waals surface area contributed by atoms with Crippen LogP contribution in [0.1, 0.15) is 92.4 Å². The van der Waals surface area contributed by atoms with Crippen LogP contribution in [0.5, 0.6) is 0 Å². The predicted octanol–water partition coefficient (Wildman–Crippen LogP) is 5.40. The van der Waals surface area contributed by atoms with E-state index in [4.69, 9.17) is 9.84 Å². The van der Waals surface area contributed by atoms with Gasteiger partial charge in [0.05, 0.1) is 23.7 Å². The molecule has 0 aromatic carbocycles. The van der Waals surface area contributed by atoms with Gasteiger partial charge in [0, 0.05) is 23.8 Å². The summed E-state index contributed by atoms with van der Waals surface area (Å²) in [5.74, 6) is 1.25. The van der Waals surface area contributed by atoms with E-state index in [1.54, 1.807) is 6.92 Å². The third kappa shape index (κ3) is 2.92. The van der Waals surface area contributed by atoms with E-state index in [9.17, 15) is 14.7 Å². The monoisotopic (exact) mass is 472 g/mol. The minimum Gasteiger partial charge on any atom is -0.478 e. The second-order valence-electron chi connectivity index (χ2n) is 13.2. The van der Waals surface area contributed by atoms with Crippen molar-refractivity contribution in [3.05, 3.63) is 11.6 Å². The summed E-state index contributed by atoms with van der Waals surface area (Å²) in [5.41, 5.74) is -0.157. The molecule has 0 unspecified atom stereocenters. The summed E-state index contributed by atoms with van der Waals surface area (Å²) in [4.78, 5) is 25.4. The molecule has 1 saturated heterocycles. The Morgan fingerprint density at radius 2 is 1.88 bits per heavy atom. The first kappa shape index (κ1) is 24.5. The minimum atomic E-state index is -0.840. The predicted molar refractivity (Wildman–Crippen MR) is 130 cm³/mol. The molecule has 1 aliphatic heterocycles. The number of hydrogen-bond donors (Lipinski definition) is 2. The Bertz CT molecular complexity index is 910. The Kier molecular flexibility index (Phi) is 5.69. The highest BCUT2D eigenvalue weighted by molar-refractivity contribution is 5.89. The van der Waals surface area contributed by atoms with Gasteiger partial charge in [0.25, 0.3) is 0 Å². The quantitative estimate of drug-likeness (QED) is 0.523. The number of ketones is 1. The highest BCUT2D eigenvalue weighted by Crippen LogP contribution is 2.77. The molecule has 0 aromatic rings. The molecule has 1 spiro atoms. The molecule has 10 atom stereocenters. The lowest BCUT2D eigenvalue weighted by atomic mass is 9.37. The van der Waals surface area contributed by atoms with Gasteiger partial charge in [-0.3, -0.25) is 4.79 Å². The van der Waals surface area contributed by atoms with Crippen molar-refractivity contribution in [2.75, 3.05) is 6.61 Å². The Labute approximate surface area is 204 Å². The van der Waals surface area contributed by atoms with E-state index in [1.165, 1.54) is 6.42 Å². The van der Waals surface area contributed by atoms with E-state index in [0.717, 1.165) is 44.9 Å². The third-order valence-electron chi connectivity index (χ3n) is 12.3. The van der Waals surface area contributed by atoms with Crippen molar-refractivity contribution < 1.29 is 24.5 Å². The first-order chi connectivity index (χ1) is 15.9. The maximum atomic E-state index is 14.3. The van der Waals surface area contributed by atoms with E-state index >= 15 is 0 Å². The number of fused-ring (bicyclic) bond motifs is 2. The molecular weight excluding hydrogens is 428 g/mol. The van der Waals surface area contributed by atoms with Crippen molar-refractivity contribution >= 4 is 11.8 Å². The van der Waals surface area contributed by atoms with Gasteiger partial charge in [-0.2, -0.15) is 0 Å². The van der Waals surface area contributed by atoms with Crippen LogP contribution in [-0.4, -0.2) is 40.3 Å². The fourth-order valence-corrected chi connectivity index (χ4v) is 10.2. The van der Waals surface area contributed by atoms with Crippen molar-refractivity contribution in [1.82, 2.24) is 0 Å². The zero-order valence-electron chi connectivity index (χ0n) is 21.7. The molecule has 5 fully saturated rings. The molecular formula is C29H44O5. The number of rotatable bonds is 5. The molecule has 2 bridgehead atoms. The summed E-state index contributed by atoms with van der Waals surface area (Å²) >= 11 is 0. The van der Waals surface area contributed by atoms with E-state index < -0.39 is 5.97 Å². The van der Waals surface area contributed by atoms with Crippen LogP contribution < -0.4 is 0 Å². The van der Waals surface area contributed by atoms with Gasteiger partial charge in [-0.15, -0.1) is 0 Å². The molecule has 5 heteroatoms. The lowest BCUT2D eigenvalue weighted by Crippen LogP contribution is -2.67. The van der Waals surface area contributed by atoms with Crippen LogP contribution in [0.3, 0.4) is 0 Å². The van der Waals surface area contributed by atoms with Gasteiger partial charge in [-0.25, -0.2) is 4.79 Å². The van der Waals surface area contributed by atoms with Crippen molar-refractivity contribution in [1.29, 1.82) is 0 Å². The van der Waals surface area contributed by atoms with Crippen LogP contribution in [0.15, 0.2) is 11.6 Å². The number of allylic oxidation sites excluding steroid dienone is 1. The lowest BCUT2D eigenvalue weighted by Gasteiger charge is -2.64. The Morgan fingerprint density at radius 3 is 2.59 bits per heavy atom. The maximum Gasteiger partial charge on any atom is 0.330 e. The fourth-order valence-electron chi connectivity index (χ4n) is 10.2. The summed E-state index contributed by atoms with van der Waals surface area (Å²) in [6.45, 7) is 11.6. The fraction of sp³-hybridized carbons (Fsp3) is 0.862. The number of aliphatic hydroxyl groups is 1. The number of carboxylic acids is 1. The van der Waals surface area contributed by atoms with Crippen molar-refractivity contribution in [3.8, 4) is 0 Å². The van der Waals surface area contributed by atoms with Crippen LogP contribution in [0.2, 0.25) is 0 Å². The summed E-state index contributed by atoms with van der Waals surface area (Å²) < 4.78 is 6.64. The number of hydrogen-bond acceptors (Lipinski definition) is 4. The standard InChI is InChI=1S/C29H44O5/c1-17(7-6-8-18(2)25(32)33)20-11-13-26(4)22-12-14-29-19(3)21(30)9-10-23(29)28(22,16-34-29)24(31)15-27(20,26)5/h8,17,19-23,30H,6-7,9-16H2,1-5H3,(H,32,33)/t17-,19+,20-,21+,22+,23+,26+,27-,28-,29+/m1/s1. The maximum absolute atomic E-state index is 14.3. The van der Waals surface area contributed by atoms with E-state index in [1.807, 2.05) is 6.08 Å². The highest BCUT2D eigenvalue weighted by atomic mass is 16.5. The van der Waals surface area contributed by atoms with Crippen LogP contribution in [0, 0.1) is 45.8 Å². The average molecular weight is 473 g/mol. The molecule has 4 saturated carbocycles. The number of Topliss-reactive ketones (excluding diaryl/α,β-unsaturated/α-hetero) is 1. The third-order valence-corrected chi connectivity index (χ3v) is 12.3. The van der Waals surface area contributed by atoms with Crippen LogP contribution >= 0.6 is 0 Å². The molecule has 5 rings (SSSR count). The van der Waals surface area contributed by atoms with Gasteiger partial charge in [0.1, 0.15) is 5.78 Å². The molecule has 34 heavy (non-hydrogen) atoms. The second-order valence-corrected chi connectivity index (χ2v) is 13.2. The number of carboxylic acid groups (broad SMARTS) is 1. The number of ether oxygens (including phenoxy) is 1. The Hall–Kier alpha value is -1.20. The molecule has 5 nitrogen and oxygen atoms in total. The summed E-state index contributed by atoms with van der Waals surface area (Å²) in [7, 11) is 0. The Balaban J connectivity index is 1.43. The van der Waals surface area contributed by atoms with E-state index in [-0.39, 0.29) is 39.8 Å². The van der Waals surface area contributed by atoms with Crippen molar-refractivity contribution in [3.63, 3.8) is 0 Å². The molecule has 0 aromatic heterocycles. The number of carbonyl (C=O) groups is 2. The smallest absolute Gasteiger partial charge is 0.330 e. The van der Waals surface area contributed by atoms with Crippen LogP contribution in [0.25, 0.3) is 0 Å². The van der Waals surface area contributed by atoms with Gasteiger partial charge in [0.2, 0.25) is 0 Å². The zero-order chi connectivity index (χ0) is 24.7.